The number of esters is 1. The number of rotatable bonds is 3. The lowest BCUT2D eigenvalue weighted by molar-refractivity contribution is -0.160. The van der Waals surface area contributed by atoms with Crippen molar-refractivity contribution >= 4 is 12.1 Å². The summed E-state index contributed by atoms with van der Waals surface area (Å²) in [6.07, 6.45) is 0.817. The molecule has 128 valence electrons. The predicted octanol–water partition coefficient (Wildman–Crippen LogP) is 2.38. The van der Waals surface area contributed by atoms with Crippen LogP contribution in [-0.4, -0.2) is 40.5 Å². The molecule has 0 heterocycles. The molecular weight excluding hydrogens is 286 g/mol. The van der Waals surface area contributed by atoms with Crippen LogP contribution < -0.4 is 5.32 Å². The summed E-state index contributed by atoms with van der Waals surface area (Å²) in [5.41, 5.74) is -1.31. The SMILES string of the molecule is CC(C)(C)OC(=O)NC(C(=O)OC(C)(C)C)[C@@H]1CCC[C@H]1O. The maximum atomic E-state index is 12.4. The van der Waals surface area contributed by atoms with E-state index < -0.39 is 35.4 Å². The molecule has 1 aliphatic rings. The molecule has 1 unspecified atom stereocenters. The summed E-state index contributed by atoms with van der Waals surface area (Å²) in [4.78, 5) is 24.4. The lowest BCUT2D eigenvalue weighted by atomic mass is 9.96. The summed E-state index contributed by atoms with van der Waals surface area (Å²) in [6, 6.07) is -0.897. The second-order valence-electron chi connectivity index (χ2n) is 7.82. The quantitative estimate of drug-likeness (QED) is 0.781. The van der Waals surface area contributed by atoms with Crippen LogP contribution in [0, 0.1) is 5.92 Å². The Morgan fingerprint density at radius 3 is 2.00 bits per heavy atom. The van der Waals surface area contributed by atoms with Crippen LogP contribution in [-0.2, 0) is 14.3 Å². The molecular formula is C16H29NO5. The summed E-state index contributed by atoms with van der Waals surface area (Å²) >= 11 is 0. The minimum atomic E-state index is -0.897. The van der Waals surface area contributed by atoms with Crippen LogP contribution in [0.1, 0.15) is 60.8 Å². The summed E-state index contributed by atoms with van der Waals surface area (Å²) in [7, 11) is 0. The van der Waals surface area contributed by atoms with Crippen molar-refractivity contribution in [3.8, 4) is 0 Å². The fourth-order valence-electron chi connectivity index (χ4n) is 2.50. The van der Waals surface area contributed by atoms with Gasteiger partial charge in [0, 0.05) is 5.92 Å². The van der Waals surface area contributed by atoms with E-state index in [4.69, 9.17) is 9.47 Å². The van der Waals surface area contributed by atoms with E-state index in [0.29, 0.717) is 12.8 Å². The summed E-state index contributed by atoms with van der Waals surface area (Å²) < 4.78 is 10.6. The van der Waals surface area contributed by atoms with E-state index in [0.717, 1.165) is 6.42 Å². The maximum absolute atomic E-state index is 12.4. The minimum absolute atomic E-state index is 0.345. The predicted molar refractivity (Wildman–Crippen MR) is 82.4 cm³/mol. The van der Waals surface area contributed by atoms with Crippen LogP contribution in [0.2, 0.25) is 0 Å². The first-order chi connectivity index (χ1) is 9.89. The molecule has 1 fully saturated rings. The summed E-state index contributed by atoms with van der Waals surface area (Å²) in [6.45, 7) is 10.5. The van der Waals surface area contributed by atoms with Crippen molar-refractivity contribution in [3.63, 3.8) is 0 Å². The summed E-state index contributed by atoms with van der Waals surface area (Å²) in [5.74, 6) is -0.883. The van der Waals surface area contributed by atoms with E-state index in [1.807, 2.05) is 0 Å². The van der Waals surface area contributed by atoms with Crippen LogP contribution in [0.5, 0.6) is 0 Å². The molecule has 0 bridgehead atoms. The molecule has 0 aromatic carbocycles. The Bertz CT molecular complexity index is 408. The van der Waals surface area contributed by atoms with E-state index in [2.05, 4.69) is 5.32 Å². The van der Waals surface area contributed by atoms with Gasteiger partial charge < -0.3 is 19.9 Å². The Morgan fingerprint density at radius 1 is 1.05 bits per heavy atom. The molecule has 0 aliphatic heterocycles. The van der Waals surface area contributed by atoms with Gasteiger partial charge in [-0.2, -0.15) is 0 Å². The highest BCUT2D eigenvalue weighted by atomic mass is 16.6. The van der Waals surface area contributed by atoms with Gasteiger partial charge in [0.05, 0.1) is 6.10 Å². The van der Waals surface area contributed by atoms with Crippen LogP contribution in [0.3, 0.4) is 0 Å². The molecule has 0 spiro atoms. The molecule has 1 aliphatic carbocycles. The zero-order valence-electron chi connectivity index (χ0n) is 14.4. The van der Waals surface area contributed by atoms with Crippen molar-refractivity contribution in [2.75, 3.05) is 0 Å². The first kappa shape index (κ1) is 18.7. The monoisotopic (exact) mass is 315 g/mol. The number of alkyl carbamates (subject to hydrolysis) is 1. The third-order valence-electron chi connectivity index (χ3n) is 3.29. The lowest BCUT2D eigenvalue weighted by Crippen LogP contribution is -2.51. The normalized spacial score (nSPS) is 23.8. The van der Waals surface area contributed by atoms with E-state index in [1.54, 1.807) is 41.5 Å². The van der Waals surface area contributed by atoms with Gasteiger partial charge in [-0.3, -0.25) is 0 Å². The van der Waals surface area contributed by atoms with Gasteiger partial charge in [0.25, 0.3) is 0 Å². The minimum Gasteiger partial charge on any atom is -0.458 e. The van der Waals surface area contributed by atoms with E-state index >= 15 is 0 Å². The first-order valence-electron chi connectivity index (χ1n) is 7.79. The third-order valence-corrected chi connectivity index (χ3v) is 3.29. The Kier molecular flexibility index (Phi) is 5.84. The first-order valence-corrected chi connectivity index (χ1v) is 7.79. The van der Waals surface area contributed by atoms with Crippen molar-refractivity contribution in [2.24, 2.45) is 5.92 Å². The number of amides is 1. The van der Waals surface area contributed by atoms with Crippen LogP contribution in [0.25, 0.3) is 0 Å². The van der Waals surface area contributed by atoms with Gasteiger partial charge in [0.1, 0.15) is 17.2 Å². The number of hydrogen-bond donors (Lipinski definition) is 2. The standard InChI is InChI=1S/C16H29NO5/c1-15(2,3)21-13(19)12(10-8-7-9-11(10)18)17-14(20)22-16(4,5)6/h10-12,18H,7-9H2,1-6H3,(H,17,20)/t10-,11-,12?/m1/s1. The van der Waals surface area contributed by atoms with Gasteiger partial charge >= 0.3 is 12.1 Å². The Balaban J connectivity index is 2.82. The van der Waals surface area contributed by atoms with Gasteiger partial charge in [0.15, 0.2) is 0 Å². The van der Waals surface area contributed by atoms with Crippen LogP contribution in [0.4, 0.5) is 4.79 Å². The molecule has 1 amide bonds. The molecule has 0 aromatic rings. The highest BCUT2D eigenvalue weighted by Crippen LogP contribution is 2.30. The molecule has 6 nitrogen and oxygen atoms in total. The number of nitrogens with one attached hydrogen (secondary N) is 1. The second kappa shape index (κ2) is 6.86. The Labute approximate surface area is 132 Å². The molecule has 3 atom stereocenters. The molecule has 0 radical (unpaired) electrons. The van der Waals surface area contributed by atoms with Crippen LogP contribution >= 0.6 is 0 Å². The van der Waals surface area contributed by atoms with E-state index in [-0.39, 0.29) is 5.92 Å². The molecule has 1 saturated carbocycles. The average Bonchev–Trinajstić information content (AvgIpc) is 2.67. The highest BCUT2D eigenvalue weighted by Gasteiger charge is 2.40. The van der Waals surface area contributed by atoms with Crippen molar-refractivity contribution in [3.05, 3.63) is 0 Å². The number of aliphatic hydroxyl groups excluding tert-OH is 1. The number of aliphatic hydroxyl groups is 1. The van der Waals surface area contributed by atoms with Crippen molar-refractivity contribution in [1.29, 1.82) is 0 Å². The zero-order chi connectivity index (χ0) is 17.1. The van der Waals surface area contributed by atoms with Crippen molar-refractivity contribution in [1.82, 2.24) is 5.32 Å². The number of ether oxygens (including phenoxy) is 2. The number of carbonyl (C=O) groups excluding carboxylic acids is 2. The molecule has 1 rings (SSSR count). The maximum Gasteiger partial charge on any atom is 0.408 e. The van der Waals surface area contributed by atoms with Crippen molar-refractivity contribution < 1.29 is 24.2 Å². The third kappa shape index (κ3) is 6.22. The topological polar surface area (TPSA) is 84.9 Å². The fourth-order valence-corrected chi connectivity index (χ4v) is 2.50. The largest absolute Gasteiger partial charge is 0.458 e. The number of hydrogen-bond acceptors (Lipinski definition) is 5. The smallest absolute Gasteiger partial charge is 0.408 e. The van der Waals surface area contributed by atoms with Gasteiger partial charge in [-0.1, -0.05) is 6.42 Å². The number of carbonyl (C=O) groups is 2. The second-order valence-corrected chi connectivity index (χ2v) is 7.82. The van der Waals surface area contributed by atoms with Crippen LogP contribution in [0.15, 0.2) is 0 Å². The molecule has 2 N–H and O–H groups in total. The van der Waals surface area contributed by atoms with Gasteiger partial charge in [0.2, 0.25) is 0 Å². The van der Waals surface area contributed by atoms with Gasteiger partial charge in [-0.05, 0) is 54.4 Å². The molecule has 6 heteroatoms. The Morgan fingerprint density at radius 2 is 1.59 bits per heavy atom. The van der Waals surface area contributed by atoms with E-state index in [9.17, 15) is 14.7 Å². The van der Waals surface area contributed by atoms with Gasteiger partial charge in [-0.25, -0.2) is 9.59 Å². The van der Waals surface area contributed by atoms with Gasteiger partial charge in [-0.15, -0.1) is 0 Å². The zero-order valence-corrected chi connectivity index (χ0v) is 14.4. The average molecular weight is 315 g/mol. The summed E-state index contributed by atoms with van der Waals surface area (Å²) in [5, 5.41) is 12.6. The highest BCUT2D eigenvalue weighted by molar-refractivity contribution is 5.82. The fraction of sp³-hybridized carbons (Fsp3) is 0.875. The lowest BCUT2D eigenvalue weighted by Gasteiger charge is -2.30. The van der Waals surface area contributed by atoms with Crippen molar-refractivity contribution in [2.45, 2.75) is 84.2 Å². The van der Waals surface area contributed by atoms with E-state index in [1.165, 1.54) is 0 Å². The Hall–Kier alpha value is -1.30. The molecule has 0 aromatic heterocycles. The molecule has 22 heavy (non-hydrogen) atoms. The molecule has 0 saturated heterocycles.